The highest BCUT2D eigenvalue weighted by molar-refractivity contribution is 9.10. The zero-order valence-corrected chi connectivity index (χ0v) is 21.9. The summed E-state index contributed by atoms with van der Waals surface area (Å²) in [6.07, 6.45) is 1.61. The van der Waals surface area contributed by atoms with Gasteiger partial charge in [0.25, 0.3) is 17.1 Å². The van der Waals surface area contributed by atoms with Crippen LogP contribution in [0.15, 0.2) is 76.1 Å². The number of carbonyl (C=O) groups is 3. The lowest BCUT2D eigenvalue weighted by atomic mass is 10.2. The second-order valence-electron chi connectivity index (χ2n) is 7.39. The number of imide groups is 1. The maximum absolute atomic E-state index is 12.8. The van der Waals surface area contributed by atoms with Crippen molar-refractivity contribution in [1.29, 1.82) is 0 Å². The largest absolute Gasteiger partial charge is 0.482 e. The number of amides is 3. The number of nitrogens with zero attached hydrogens (tertiary/aromatic N) is 1. The molecule has 1 saturated heterocycles. The second kappa shape index (κ2) is 11.3. The minimum absolute atomic E-state index is 0.176. The van der Waals surface area contributed by atoms with Crippen LogP contribution in [0.3, 0.4) is 0 Å². The first-order chi connectivity index (χ1) is 16.8. The molecule has 0 bridgehead atoms. The lowest BCUT2D eigenvalue weighted by Gasteiger charge is -2.13. The fourth-order valence-corrected chi connectivity index (χ4v) is 4.80. The third-order valence-corrected chi connectivity index (χ3v) is 7.13. The van der Waals surface area contributed by atoms with E-state index in [0.29, 0.717) is 26.9 Å². The summed E-state index contributed by atoms with van der Waals surface area (Å²) in [4.78, 5) is 38.9. The number of thioether (sulfide) groups is 1. The lowest BCUT2D eigenvalue weighted by molar-refractivity contribution is -0.123. The van der Waals surface area contributed by atoms with E-state index in [2.05, 4.69) is 21.2 Å². The Morgan fingerprint density at radius 2 is 1.80 bits per heavy atom. The van der Waals surface area contributed by atoms with Gasteiger partial charge in [0.15, 0.2) is 6.61 Å². The van der Waals surface area contributed by atoms with Gasteiger partial charge in [0.2, 0.25) is 0 Å². The Bertz CT molecular complexity index is 1330. The summed E-state index contributed by atoms with van der Waals surface area (Å²) >= 11 is 16.5. The third-order valence-electron chi connectivity index (χ3n) is 4.90. The van der Waals surface area contributed by atoms with E-state index in [-0.39, 0.29) is 35.2 Å². The maximum Gasteiger partial charge on any atom is 0.293 e. The van der Waals surface area contributed by atoms with Crippen molar-refractivity contribution in [2.45, 2.75) is 6.54 Å². The number of benzene rings is 3. The number of nitrogens with one attached hydrogen (secondary N) is 1. The van der Waals surface area contributed by atoms with Crippen LogP contribution in [0, 0.1) is 0 Å². The van der Waals surface area contributed by atoms with Crippen LogP contribution in [-0.4, -0.2) is 28.6 Å². The molecule has 1 fully saturated rings. The Kier molecular flexibility index (Phi) is 8.18. The molecular weight excluding hydrogens is 575 g/mol. The van der Waals surface area contributed by atoms with Gasteiger partial charge in [-0.25, -0.2) is 0 Å². The number of carbonyl (C=O) groups excluding carboxylic acids is 3. The van der Waals surface area contributed by atoms with E-state index >= 15 is 0 Å². The molecule has 10 heteroatoms. The van der Waals surface area contributed by atoms with E-state index in [1.807, 2.05) is 24.3 Å². The number of hydrogen-bond acceptors (Lipinski definition) is 5. The Balaban J connectivity index is 1.39. The molecule has 1 aliphatic rings. The number of halogens is 3. The molecule has 0 unspecified atom stereocenters. The van der Waals surface area contributed by atoms with Crippen LogP contribution in [-0.2, 0) is 16.1 Å². The number of hydrogen-bond donors (Lipinski definition) is 1. The maximum atomic E-state index is 12.8. The van der Waals surface area contributed by atoms with Crippen LogP contribution >= 0.6 is 50.9 Å². The second-order valence-corrected chi connectivity index (χ2v) is 10.1. The van der Waals surface area contributed by atoms with E-state index in [1.54, 1.807) is 48.5 Å². The van der Waals surface area contributed by atoms with E-state index in [1.165, 1.54) is 4.90 Å². The average Bonchev–Trinajstić information content (AvgIpc) is 3.08. The van der Waals surface area contributed by atoms with Crippen LogP contribution in [0.4, 0.5) is 10.5 Å². The molecule has 178 valence electrons. The molecule has 4 rings (SSSR count). The molecule has 1 aliphatic heterocycles. The summed E-state index contributed by atoms with van der Waals surface area (Å²) in [6.45, 7) is -0.0648. The summed E-state index contributed by atoms with van der Waals surface area (Å²) < 4.78 is 6.35. The van der Waals surface area contributed by atoms with Crippen molar-refractivity contribution in [3.05, 3.63) is 97.3 Å². The van der Waals surface area contributed by atoms with Crippen LogP contribution in [0.25, 0.3) is 6.08 Å². The van der Waals surface area contributed by atoms with Crippen molar-refractivity contribution in [3.8, 4) is 5.75 Å². The summed E-state index contributed by atoms with van der Waals surface area (Å²) in [5.41, 5.74) is 2.05. The SMILES string of the molecule is O=C(COc1ccc(/C=C2\SC(=O)N(Cc3ccccc3Br)C2=O)cc1Cl)Nc1ccc(Cl)cc1. The van der Waals surface area contributed by atoms with Crippen LogP contribution in [0.5, 0.6) is 5.75 Å². The quantitative estimate of drug-likeness (QED) is 0.299. The normalized spacial score (nSPS) is 14.5. The Morgan fingerprint density at radius 3 is 2.51 bits per heavy atom. The van der Waals surface area contributed by atoms with Crippen LogP contribution < -0.4 is 10.1 Å². The van der Waals surface area contributed by atoms with Gasteiger partial charge in [-0.15, -0.1) is 0 Å². The summed E-state index contributed by atoms with van der Waals surface area (Å²) in [5, 5.41) is 3.20. The Hall–Kier alpha value is -2.78. The lowest BCUT2D eigenvalue weighted by Crippen LogP contribution is -2.27. The first-order valence-corrected chi connectivity index (χ1v) is 12.6. The van der Waals surface area contributed by atoms with Crippen LogP contribution in [0.2, 0.25) is 10.0 Å². The zero-order chi connectivity index (χ0) is 24.9. The van der Waals surface area contributed by atoms with E-state index in [4.69, 9.17) is 27.9 Å². The molecule has 3 amide bonds. The molecule has 0 saturated carbocycles. The van der Waals surface area contributed by atoms with E-state index < -0.39 is 0 Å². The molecule has 0 aliphatic carbocycles. The first kappa shape index (κ1) is 25.3. The van der Waals surface area contributed by atoms with Crippen molar-refractivity contribution in [2.24, 2.45) is 0 Å². The summed E-state index contributed by atoms with van der Waals surface area (Å²) in [5.74, 6) is -0.408. The minimum Gasteiger partial charge on any atom is -0.482 e. The molecule has 0 radical (unpaired) electrons. The van der Waals surface area contributed by atoms with Gasteiger partial charge in [-0.05, 0) is 71.4 Å². The zero-order valence-electron chi connectivity index (χ0n) is 18.0. The van der Waals surface area contributed by atoms with Gasteiger partial charge >= 0.3 is 0 Å². The smallest absolute Gasteiger partial charge is 0.293 e. The van der Waals surface area contributed by atoms with Crippen molar-refractivity contribution < 1.29 is 19.1 Å². The molecule has 3 aromatic carbocycles. The molecule has 0 aromatic heterocycles. The van der Waals surface area contributed by atoms with Crippen molar-refractivity contribution in [1.82, 2.24) is 4.90 Å². The predicted octanol–water partition coefficient (Wildman–Crippen LogP) is 7.01. The third kappa shape index (κ3) is 6.46. The monoisotopic (exact) mass is 590 g/mol. The van der Waals surface area contributed by atoms with Gasteiger partial charge in [0.05, 0.1) is 16.5 Å². The van der Waals surface area contributed by atoms with Gasteiger partial charge < -0.3 is 10.1 Å². The molecule has 0 atom stereocenters. The summed E-state index contributed by atoms with van der Waals surface area (Å²) in [6, 6.07) is 19.0. The molecule has 1 N–H and O–H groups in total. The van der Waals surface area contributed by atoms with Crippen molar-refractivity contribution in [2.75, 3.05) is 11.9 Å². The number of anilines is 1. The highest BCUT2D eigenvalue weighted by Crippen LogP contribution is 2.35. The van der Waals surface area contributed by atoms with Gasteiger partial charge in [-0.1, -0.05) is 63.4 Å². The van der Waals surface area contributed by atoms with Crippen molar-refractivity contribution >= 4 is 79.7 Å². The minimum atomic E-state index is -0.369. The highest BCUT2D eigenvalue weighted by atomic mass is 79.9. The first-order valence-electron chi connectivity index (χ1n) is 10.3. The summed E-state index contributed by atoms with van der Waals surface area (Å²) in [7, 11) is 0. The van der Waals surface area contributed by atoms with Gasteiger partial charge in [0, 0.05) is 15.2 Å². The molecule has 35 heavy (non-hydrogen) atoms. The molecule has 6 nitrogen and oxygen atoms in total. The predicted molar refractivity (Wildman–Crippen MR) is 143 cm³/mol. The van der Waals surface area contributed by atoms with Gasteiger partial charge in [0.1, 0.15) is 5.75 Å². The van der Waals surface area contributed by atoms with E-state index in [0.717, 1.165) is 21.8 Å². The average molecular weight is 592 g/mol. The number of ether oxygens (including phenoxy) is 1. The Morgan fingerprint density at radius 1 is 1.06 bits per heavy atom. The fourth-order valence-electron chi connectivity index (χ4n) is 3.18. The molecule has 1 heterocycles. The fraction of sp³-hybridized carbons (Fsp3) is 0.0800. The molecule has 3 aromatic rings. The topological polar surface area (TPSA) is 75.7 Å². The standard InChI is InChI=1S/C25H17BrCl2N2O4S/c26-19-4-2-1-3-16(19)13-30-24(32)22(35-25(30)33)12-15-5-10-21(20(28)11-15)34-14-23(31)29-18-8-6-17(27)7-9-18/h1-12H,13-14H2,(H,29,31)/b22-12-. The molecular formula is C25H17BrCl2N2O4S. The van der Waals surface area contributed by atoms with Gasteiger partial charge in [-0.2, -0.15) is 0 Å². The van der Waals surface area contributed by atoms with Crippen LogP contribution in [0.1, 0.15) is 11.1 Å². The highest BCUT2D eigenvalue weighted by Gasteiger charge is 2.35. The molecule has 0 spiro atoms. The van der Waals surface area contributed by atoms with Gasteiger partial charge in [-0.3, -0.25) is 19.3 Å². The number of rotatable bonds is 7. The Labute approximate surface area is 224 Å². The van der Waals surface area contributed by atoms with Crippen molar-refractivity contribution in [3.63, 3.8) is 0 Å². The van der Waals surface area contributed by atoms with E-state index in [9.17, 15) is 14.4 Å².